The highest BCUT2D eigenvalue weighted by Gasteiger charge is 2.24. The third-order valence-corrected chi connectivity index (χ3v) is 3.69. The second kappa shape index (κ2) is 7.55. The number of ether oxygens (including phenoxy) is 2. The number of nitrogens with zero attached hydrogens (tertiary/aromatic N) is 1. The SMILES string of the molecule is CCNCc1ccnc(OC2CCCC(OC)C2)c1F. The lowest BCUT2D eigenvalue weighted by atomic mass is 9.95. The van der Waals surface area contributed by atoms with E-state index in [0.29, 0.717) is 12.1 Å². The summed E-state index contributed by atoms with van der Waals surface area (Å²) in [5, 5.41) is 3.11. The Morgan fingerprint density at radius 2 is 2.20 bits per heavy atom. The second-order valence-corrected chi connectivity index (χ2v) is 5.13. The van der Waals surface area contributed by atoms with Gasteiger partial charge in [0, 0.05) is 31.8 Å². The number of hydrogen-bond donors (Lipinski definition) is 1. The molecule has 0 aromatic carbocycles. The maximum absolute atomic E-state index is 14.3. The molecule has 1 aliphatic rings. The van der Waals surface area contributed by atoms with E-state index in [1.807, 2.05) is 6.92 Å². The van der Waals surface area contributed by atoms with Gasteiger partial charge in [0.1, 0.15) is 6.10 Å². The van der Waals surface area contributed by atoms with Crippen LogP contribution in [0.3, 0.4) is 0 Å². The molecule has 0 aliphatic heterocycles. The van der Waals surface area contributed by atoms with E-state index >= 15 is 0 Å². The number of methoxy groups -OCH3 is 1. The molecule has 5 heteroatoms. The van der Waals surface area contributed by atoms with Crippen LogP contribution in [-0.4, -0.2) is 30.8 Å². The van der Waals surface area contributed by atoms with Gasteiger partial charge in [0.15, 0.2) is 5.82 Å². The normalized spacial score (nSPS) is 22.8. The van der Waals surface area contributed by atoms with Gasteiger partial charge < -0.3 is 14.8 Å². The van der Waals surface area contributed by atoms with Crippen LogP contribution >= 0.6 is 0 Å². The lowest BCUT2D eigenvalue weighted by Crippen LogP contribution is -2.30. The zero-order valence-corrected chi connectivity index (χ0v) is 12.2. The Balaban J connectivity index is 2.01. The zero-order valence-electron chi connectivity index (χ0n) is 12.2. The molecule has 0 amide bonds. The van der Waals surface area contributed by atoms with E-state index in [2.05, 4.69) is 10.3 Å². The summed E-state index contributed by atoms with van der Waals surface area (Å²) in [6, 6.07) is 1.68. The molecule has 0 bridgehead atoms. The van der Waals surface area contributed by atoms with Gasteiger partial charge in [-0.3, -0.25) is 0 Å². The third kappa shape index (κ3) is 3.90. The molecule has 1 aromatic rings. The largest absolute Gasteiger partial charge is 0.472 e. The summed E-state index contributed by atoms with van der Waals surface area (Å²) in [5.41, 5.74) is 0.593. The molecule has 0 spiro atoms. The van der Waals surface area contributed by atoms with Gasteiger partial charge in [0.25, 0.3) is 5.88 Å². The van der Waals surface area contributed by atoms with E-state index in [1.54, 1.807) is 19.4 Å². The Morgan fingerprint density at radius 3 is 2.95 bits per heavy atom. The molecule has 1 N–H and O–H groups in total. The van der Waals surface area contributed by atoms with Crippen molar-refractivity contribution < 1.29 is 13.9 Å². The van der Waals surface area contributed by atoms with Crippen LogP contribution in [0.15, 0.2) is 12.3 Å². The molecular formula is C15H23FN2O2. The smallest absolute Gasteiger partial charge is 0.250 e. The lowest BCUT2D eigenvalue weighted by molar-refractivity contribution is 0.0181. The van der Waals surface area contributed by atoms with Crippen molar-refractivity contribution in [3.63, 3.8) is 0 Å². The van der Waals surface area contributed by atoms with E-state index in [0.717, 1.165) is 32.2 Å². The van der Waals surface area contributed by atoms with Crippen molar-refractivity contribution in [3.05, 3.63) is 23.6 Å². The predicted octanol–water partition coefficient (Wildman–Crippen LogP) is 2.67. The fraction of sp³-hybridized carbons (Fsp3) is 0.667. The van der Waals surface area contributed by atoms with E-state index < -0.39 is 0 Å². The quantitative estimate of drug-likeness (QED) is 0.871. The Hall–Kier alpha value is -1.20. The molecule has 1 fully saturated rings. The van der Waals surface area contributed by atoms with Crippen LogP contribution in [-0.2, 0) is 11.3 Å². The molecule has 112 valence electrons. The first-order chi connectivity index (χ1) is 9.74. The lowest BCUT2D eigenvalue weighted by Gasteiger charge is -2.28. The third-order valence-electron chi connectivity index (χ3n) is 3.69. The highest BCUT2D eigenvalue weighted by molar-refractivity contribution is 5.23. The highest BCUT2D eigenvalue weighted by atomic mass is 19.1. The zero-order chi connectivity index (χ0) is 14.4. The van der Waals surface area contributed by atoms with Crippen LogP contribution in [0.25, 0.3) is 0 Å². The van der Waals surface area contributed by atoms with Gasteiger partial charge in [-0.1, -0.05) is 6.92 Å². The fourth-order valence-electron chi connectivity index (χ4n) is 2.52. The van der Waals surface area contributed by atoms with Crippen molar-refractivity contribution in [2.24, 2.45) is 0 Å². The summed E-state index contributed by atoms with van der Waals surface area (Å²) in [6.45, 7) is 3.28. The minimum atomic E-state index is -0.354. The van der Waals surface area contributed by atoms with Crippen molar-refractivity contribution in [2.75, 3.05) is 13.7 Å². The number of hydrogen-bond acceptors (Lipinski definition) is 4. The Bertz CT molecular complexity index is 428. The number of aromatic nitrogens is 1. The second-order valence-electron chi connectivity index (χ2n) is 5.13. The summed E-state index contributed by atoms with van der Waals surface area (Å²) in [4.78, 5) is 4.03. The Kier molecular flexibility index (Phi) is 5.73. The summed E-state index contributed by atoms with van der Waals surface area (Å²) in [5.74, 6) is -0.241. The molecule has 1 heterocycles. The highest BCUT2D eigenvalue weighted by Crippen LogP contribution is 2.26. The number of halogens is 1. The molecule has 2 atom stereocenters. The van der Waals surface area contributed by atoms with E-state index in [4.69, 9.17) is 9.47 Å². The number of pyridine rings is 1. The van der Waals surface area contributed by atoms with Gasteiger partial charge in [-0.25, -0.2) is 9.37 Å². The van der Waals surface area contributed by atoms with E-state index in [1.165, 1.54) is 0 Å². The molecule has 20 heavy (non-hydrogen) atoms. The van der Waals surface area contributed by atoms with Gasteiger partial charge in [0.05, 0.1) is 6.10 Å². The maximum Gasteiger partial charge on any atom is 0.250 e. The van der Waals surface area contributed by atoms with Crippen LogP contribution in [0, 0.1) is 5.82 Å². The summed E-state index contributed by atoms with van der Waals surface area (Å²) in [6.07, 6.45) is 5.62. The van der Waals surface area contributed by atoms with Crippen molar-refractivity contribution in [2.45, 2.75) is 51.4 Å². The number of nitrogens with one attached hydrogen (secondary N) is 1. The molecule has 0 saturated heterocycles. The van der Waals surface area contributed by atoms with Crippen LogP contribution in [0.2, 0.25) is 0 Å². The summed E-state index contributed by atoms with van der Waals surface area (Å²) >= 11 is 0. The molecular weight excluding hydrogens is 259 g/mol. The van der Waals surface area contributed by atoms with Crippen LogP contribution < -0.4 is 10.1 Å². The average molecular weight is 282 g/mol. The van der Waals surface area contributed by atoms with E-state index in [9.17, 15) is 4.39 Å². The monoisotopic (exact) mass is 282 g/mol. The molecule has 1 aliphatic carbocycles. The molecule has 2 unspecified atom stereocenters. The van der Waals surface area contributed by atoms with Crippen molar-refractivity contribution in [1.82, 2.24) is 10.3 Å². The van der Waals surface area contributed by atoms with Crippen LogP contribution in [0.5, 0.6) is 5.88 Å². The summed E-state index contributed by atoms with van der Waals surface area (Å²) in [7, 11) is 1.71. The molecule has 0 radical (unpaired) electrons. The summed E-state index contributed by atoms with van der Waals surface area (Å²) < 4.78 is 25.4. The van der Waals surface area contributed by atoms with Crippen molar-refractivity contribution in [3.8, 4) is 5.88 Å². The van der Waals surface area contributed by atoms with E-state index in [-0.39, 0.29) is 23.9 Å². The van der Waals surface area contributed by atoms with Crippen LogP contribution in [0.4, 0.5) is 4.39 Å². The predicted molar refractivity (Wildman–Crippen MR) is 75.3 cm³/mol. The first-order valence-corrected chi connectivity index (χ1v) is 7.28. The van der Waals surface area contributed by atoms with Crippen molar-refractivity contribution in [1.29, 1.82) is 0 Å². The average Bonchev–Trinajstić information content (AvgIpc) is 2.48. The van der Waals surface area contributed by atoms with Crippen LogP contribution in [0.1, 0.15) is 38.2 Å². The molecule has 4 nitrogen and oxygen atoms in total. The minimum absolute atomic E-state index is 0.00918. The molecule has 1 aromatic heterocycles. The maximum atomic E-state index is 14.3. The fourth-order valence-corrected chi connectivity index (χ4v) is 2.52. The van der Waals surface area contributed by atoms with Gasteiger partial charge in [-0.2, -0.15) is 0 Å². The van der Waals surface area contributed by atoms with Gasteiger partial charge >= 0.3 is 0 Å². The number of rotatable bonds is 6. The van der Waals surface area contributed by atoms with Gasteiger partial charge in [-0.05, 0) is 31.9 Å². The Labute approximate surface area is 119 Å². The first kappa shape index (κ1) is 15.2. The standard InChI is InChI=1S/C15H23FN2O2/c1-3-17-10-11-7-8-18-15(14(11)16)20-13-6-4-5-12(9-13)19-2/h7-8,12-13,17H,3-6,9-10H2,1-2H3. The molecule has 2 rings (SSSR count). The van der Waals surface area contributed by atoms with Crippen molar-refractivity contribution >= 4 is 0 Å². The van der Waals surface area contributed by atoms with Gasteiger partial charge in [-0.15, -0.1) is 0 Å². The topological polar surface area (TPSA) is 43.4 Å². The minimum Gasteiger partial charge on any atom is -0.472 e. The first-order valence-electron chi connectivity index (χ1n) is 7.28. The van der Waals surface area contributed by atoms with Gasteiger partial charge in [0.2, 0.25) is 0 Å². The molecule has 1 saturated carbocycles. The Morgan fingerprint density at radius 1 is 1.40 bits per heavy atom.